The van der Waals surface area contributed by atoms with E-state index in [0.29, 0.717) is 0 Å². The zero-order chi connectivity index (χ0) is 10.8. The maximum Gasteiger partial charge on any atom is 0.181 e. The van der Waals surface area contributed by atoms with Gasteiger partial charge in [0.1, 0.15) is 0 Å². The molecule has 0 saturated heterocycles. The van der Waals surface area contributed by atoms with Crippen molar-refractivity contribution in [3.8, 4) is 10.4 Å². The second-order valence-corrected chi connectivity index (χ2v) is 6.87. The summed E-state index contributed by atoms with van der Waals surface area (Å²) in [6, 6.07) is 11.3. The predicted octanol–water partition coefficient (Wildman–Crippen LogP) is 4.14. The molecule has 0 aliphatic heterocycles. The minimum Gasteiger partial charge on any atom is -0.290 e. The van der Waals surface area contributed by atoms with E-state index in [9.17, 15) is 4.79 Å². The van der Waals surface area contributed by atoms with Gasteiger partial charge in [-0.3, -0.25) is 4.79 Å². The molecular weight excluding hydrogens is 387 g/mol. The van der Waals surface area contributed by atoms with Crippen LogP contribution in [0.15, 0.2) is 45.7 Å². The van der Waals surface area contributed by atoms with Crippen LogP contribution in [0.3, 0.4) is 0 Å². The van der Waals surface area contributed by atoms with Crippen molar-refractivity contribution in [1.29, 1.82) is 0 Å². The first-order chi connectivity index (χ1) is 7.15. The zero-order valence-electron chi connectivity index (χ0n) is 7.54. The van der Waals surface area contributed by atoms with Gasteiger partial charge in [0, 0.05) is 21.5 Å². The smallest absolute Gasteiger partial charge is 0.181 e. The van der Waals surface area contributed by atoms with Crippen LogP contribution >= 0.6 is 49.9 Å². The molecule has 0 aliphatic carbocycles. The highest BCUT2D eigenvalue weighted by atomic mass is 127. The summed E-state index contributed by atoms with van der Waals surface area (Å²) in [6.45, 7) is 0. The lowest BCUT2D eigenvalue weighted by atomic mass is 10.2. The van der Waals surface area contributed by atoms with Crippen molar-refractivity contribution in [2.45, 2.75) is 0 Å². The first kappa shape index (κ1) is 11.3. The molecule has 0 N–H and O–H groups in total. The number of hydrogen-bond acceptors (Lipinski definition) is 2. The van der Waals surface area contributed by atoms with Crippen LogP contribution in [0.2, 0.25) is 0 Å². The van der Waals surface area contributed by atoms with Gasteiger partial charge in [0.2, 0.25) is 0 Å². The maximum absolute atomic E-state index is 11.4. The second kappa shape index (κ2) is 4.76. The van der Waals surface area contributed by atoms with Crippen LogP contribution in [0, 0.1) is 2.88 Å². The SMILES string of the molecule is O=c1cc(I)sc(-c2cccc(Br)c2)c1. The van der Waals surface area contributed by atoms with Gasteiger partial charge < -0.3 is 0 Å². The van der Waals surface area contributed by atoms with Gasteiger partial charge in [0.05, 0.1) is 2.88 Å². The predicted molar refractivity (Wildman–Crippen MR) is 76.4 cm³/mol. The quantitative estimate of drug-likeness (QED) is 0.666. The molecule has 1 heterocycles. The van der Waals surface area contributed by atoms with Crippen molar-refractivity contribution in [3.05, 3.63) is 54.0 Å². The molecular formula is C11H6BrIOS. The van der Waals surface area contributed by atoms with Gasteiger partial charge in [0.25, 0.3) is 0 Å². The molecule has 2 aromatic rings. The fraction of sp³-hybridized carbons (Fsp3) is 0. The van der Waals surface area contributed by atoms with Crippen LogP contribution in [-0.2, 0) is 0 Å². The second-order valence-electron chi connectivity index (χ2n) is 2.97. The van der Waals surface area contributed by atoms with Crippen LogP contribution in [0.1, 0.15) is 0 Å². The van der Waals surface area contributed by atoms with E-state index >= 15 is 0 Å². The molecule has 1 aromatic carbocycles. The van der Waals surface area contributed by atoms with Crippen LogP contribution in [0.4, 0.5) is 0 Å². The van der Waals surface area contributed by atoms with Crippen LogP contribution in [0.5, 0.6) is 0 Å². The monoisotopic (exact) mass is 392 g/mol. The summed E-state index contributed by atoms with van der Waals surface area (Å²) >= 11 is 7.21. The summed E-state index contributed by atoms with van der Waals surface area (Å²) < 4.78 is 2.04. The van der Waals surface area contributed by atoms with Gasteiger partial charge in [-0.05, 0) is 40.3 Å². The lowest BCUT2D eigenvalue weighted by molar-refractivity contribution is 1.60. The normalized spacial score (nSPS) is 10.3. The molecule has 0 atom stereocenters. The van der Waals surface area contributed by atoms with E-state index < -0.39 is 0 Å². The van der Waals surface area contributed by atoms with E-state index in [0.717, 1.165) is 17.8 Å². The summed E-state index contributed by atoms with van der Waals surface area (Å²) in [5, 5.41) is 0. The van der Waals surface area contributed by atoms with Gasteiger partial charge in [0.15, 0.2) is 5.43 Å². The largest absolute Gasteiger partial charge is 0.290 e. The molecule has 76 valence electrons. The fourth-order valence-corrected chi connectivity index (χ4v) is 3.45. The number of benzene rings is 1. The van der Waals surface area contributed by atoms with E-state index in [1.807, 2.05) is 24.3 Å². The van der Waals surface area contributed by atoms with Crippen molar-refractivity contribution >= 4 is 49.9 Å². The Morgan fingerprint density at radius 2 is 2.00 bits per heavy atom. The van der Waals surface area contributed by atoms with Crippen molar-refractivity contribution in [1.82, 2.24) is 0 Å². The highest BCUT2D eigenvalue weighted by Crippen LogP contribution is 2.27. The third-order valence-corrected chi connectivity index (χ3v) is 4.20. The molecule has 0 amide bonds. The minimum absolute atomic E-state index is 0.0631. The molecule has 0 saturated carbocycles. The third kappa shape index (κ3) is 2.89. The number of hydrogen-bond donors (Lipinski definition) is 0. The van der Waals surface area contributed by atoms with Gasteiger partial charge in [-0.25, -0.2) is 0 Å². The summed E-state index contributed by atoms with van der Waals surface area (Å²) in [5.74, 6) is 0. The molecule has 0 aliphatic rings. The Bertz CT molecular complexity index is 550. The van der Waals surface area contributed by atoms with Gasteiger partial charge in [-0.2, -0.15) is 0 Å². The topological polar surface area (TPSA) is 17.1 Å². The molecule has 0 bridgehead atoms. The summed E-state index contributed by atoms with van der Waals surface area (Å²) in [6.07, 6.45) is 0. The van der Waals surface area contributed by atoms with E-state index in [1.54, 1.807) is 23.5 Å². The van der Waals surface area contributed by atoms with Crippen molar-refractivity contribution < 1.29 is 0 Å². The average molecular weight is 393 g/mol. The number of rotatable bonds is 1. The molecule has 0 spiro atoms. The lowest BCUT2D eigenvalue weighted by Gasteiger charge is -2.01. The molecule has 0 radical (unpaired) electrons. The molecule has 1 nitrogen and oxygen atoms in total. The Morgan fingerprint density at radius 3 is 2.67 bits per heavy atom. The highest BCUT2D eigenvalue weighted by Gasteiger charge is 2.01. The third-order valence-electron chi connectivity index (χ3n) is 1.85. The first-order valence-electron chi connectivity index (χ1n) is 4.22. The first-order valence-corrected chi connectivity index (χ1v) is 6.90. The summed E-state index contributed by atoms with van der Waals surface area (Å²) in [5.41, 5.74) is 1.14. The molecule has 2 rings (SSSR count). The van der Waals surface area contributed by atoms with Crippen LogP contribution in [-0.4, -0.2) is 0 Å². The standard InChI is InChI=1S/C11H6BrIOS/c12-8-3-1-2-7(4-8)10-5-9(14)6-11(13)15-10/h1-6H. The van der Waals surface area contributed by atoms with E-state index in [1.165, 1.54) is 0 Å². The molecule has 1 aromatic heterocycles. The fourth-order valence-electron chi connectivity index (χ4n) is 1.23. The minimum atomic E-state index is 0.0631. The van der Waals surface area contributed by atoms with E-state index in [-0.39, 0.29) is 5.43 Å². The lowest BCUT2D eigenvalue weighted by Crippen LogP contribution is -1.96. The molecule has 4 heteroatoms. The van der Waals surface area contributed by atoms with Crippen molar-refractivity contribution in [2.75, 3.05) is 0 Å². The average Bonchev–Trinajstić information content (AvgIpc) is 2.16. The Hall–Kier alpha value is -0.200. The molecule has 0 unspecified atom stereocenters. The van der Waals surface area contributed by atoms with E-state index in [2.05, 4.69) is 38.5 Å². The summed E-state index contributed by atoms with van der Waals surface area (Å²) in [7, 11) is 0. The van der Waals surface area contributed by atoms with Gasteiger partial charge >= 0.3 is 0 Å². The Balaban J connectivity index is 2.59. The van der Waals surface area contributed by atoms with Crippen LogP contribution < -0.4 is 5.43 Å². The van der Waals surface area contributed by atoms with E-state index in [4.69, 9.17) is 0 Å². The van der Waals surface area contributed by atoms with Crippen LogP contribution in [0.25, 0.3) is 10.4 Å². The van der Waals surface area contributed by atoms with Crippen molar-refractivity contribution in [2.24, 2.45) is 0 Å². The Labute approximate surface area is 113 Å². The molecule has 15 heavy (non-hydrogen) atoms. The van der Waals surface area contributed by atoms with Gasteiger partial charge in [-0.15, -0.1) is 11.3 Å². The molecule has 0 fully saturated rings. The highest BCUT2D eigenvalue weighted by molar-refractivity contribution is 14.1. The Kier molecular flexibility index (Phi) is 3.58. The van der Waals surface area contributed by atoms with Gasteiger partial charge in [-0.1, -0.05) is 28.1 Å². The maximum atomic E-state index is 11.4. The summed E-state index contributed by atoms with van der Waals surface area (Å²) in [4.78, 5) is 12.4. The Morgan fingerprint density at radius 1 is 1.20 bits per heavy atom. The number of halogens is 2. The van der Waals surface area contributed by atoms with Crippen molar-refractivity contribution in [3.63, 3.8) is 0 Å². The zero-order valence-corrected chi connectivity index (χ0v) is 12.1.